The van der Waals surface area contributed by atoms with Gasteiger partial charge in [-0.1, -0.05) is 6.42 Å². The predicted octanol–water partition coefficient (Wildman–Crippen LogP) is 1.75. The molecule has 1 unspecified atom stereocenters. The fraction of sp³-hybridized carbons (Fsp3) is 0.875. The van der Waals surface area contributed by atoms with Gasteiger partial charge in [-0.15, -0.1) is 0 Å². The van der Waals surface area contributed by atoms with Crippen molar-refractivity contribution in [1.29, 1.82) is 0 Å². The lowest BCUT2D eigenvalue weighted by Gasteiger charge is -2.20. The molecule has 23 heavy (non-hydrogen) atoms. The Bertz CT molecular complexity index is 340. The van der Waals surface area contributed by atoms with Crippen LogP contribution in [0.3, 0.4) is 0 Å². The number of nitrogens with one attached hydrogen (secondary N) is 1. The highest BCUT2D eigenvalue weighted by Crippen LogP contribution is 2.07. The molecule has 0 heterocycles. The van der Waals surface area contributed by atoms with Crippen LogP contribution in [-0.4, -0.2) is 53.7 Å². The second-order valence-electron chi connectivity index (χ2n) is 6.43. The van der Waals surface area contributed by atoms with Crippen molar-refractivity contribution in [2.24, 2.45) is 0 Å². The van der Waals surface area contributed by atoms with E-state index in [0.29, 0.717) is 6.61 Å². The lowest BCUT2D eigenvalue weighted by Crippen LogP contribution is -2.37. The number of ether oxygens (including phenoxy) is 2. The number of hydrogen-bond donors (Lipinski definition) is 3. The van der Waals surface area contributed by atoms with Gasteiger partial charge < -0.3 is 25.0 Å². The maximum absolute atomic E-state index is 11.5. The number of aliphatic hydroxyl groups is 2. The van der Waals surface area contributed by atoms with Crippen molar-refractivity contribution in [3.8, 4) is 0 Å². The molecule has 0 aliphatic carbocycles. The van der Waals surface area contributed by atoms with E-state index in [1.54, 1.807) is 20.8 Å². The highest BCUT2D eigenvalue weighted by molar-refractivity contribution is 5.69. The minimum absolute atomic E-state index is 0.0311. The van der Waals surface area contributed by atoms with E-state index in [-0.39, 0.29) is 32.0 Å². The zero-order chi connectivity index (χ0) is 17.7. The van der Waals surface area contributed by atoms with Crippen molar-refractivity contribution in [3.05, 3.63) is 0 Å². The molecule has 1 atom stereocenters. The van der Waals surface area contributed by atoms with Crippen molar-refractivity contribution in [3.63, 3.8) is 0 Å². The van der Waals surface area contributed by atoms with Crippen molar-refractivity contribution < 1.29 is 29.3 Å². The standard InChI is InChI=1S/C16H31NO6/c1-16(2,3)23-15(21)17-12-13(19)8-9-14(20)22-11-7-5-4-6-10-18/h13,18-19H,4-12H2,1-3H3,(H,17,21). The molecule has 0 radical (unpaired) electrons. The molecule has 0 spiro atoms. The lowest BCUT2D eigenvalue weighted by molar-refractivity contribution is -0.144. The highest BCUT2D eigenvalue weighted by atomic mass is 16.6. The Balaban J connectivity index is 3.62. The number of carbonyl (C=O) groups excluding carboxylic acids is 2. The van der Waals surface area contributed by atoms with Crippen LogP contribution in [0.1, 0.15) is 59.3 Å². The monoisotopic (exact) mass is 333 g/mol. The summed E-state index contributed by atoms with van der Waals surface area (Å²) in [6.45, 7) is 5.84. The van der Waals surface area contributed by atoms with Crippen molar-refractivity contribution in [2.45, 2.75) is 71.0 Å². The molecule has 0 aromatic heterocycles. The summed E-state index contributed by atoms with van der Waals surface area (Å²) < 4.78 is 10.1. The summed E-state index contributed by atoms with van der Waals surface area (Å²) in [6.07, 6.45) is 2.28. The zero-order valence-corrected chi connectivity index (χ0v) is 14.5. The van der Waals surface area contributed by atoms with Gasteiger partial charge in [0.25, 0.3) is 0 Å². The Morgan fingerprint density at radius 2 is 1.78 bits per heavy atom. The first-order valence-corrected chi connectivity index (χ1v) is 8.16. The average Bonchev–Trinajstić information content (AvgIpc) is 2.44. The number of esters is 1. The van der Waals surface area contributed by atoms with E-state index in [1.165, 1.54) is 0 Å². The molecular weight excluding hydrogens is 302 g/mol. The van der Waals surface area contributed by atoms with Crippen molar-refractivity contribution in [1.82, 2.24) is 5.32 Å². The zero-order valence-electron chi connectivity index (χ0n) is 14.5. The van der Waals surface area contributed by atoms with Crippen LogP contribution in [0.4, 0.5) is 4.79 Å². The molecule has 7 heteroatoms. The van der Waals surface area contributed by atoms with Gasteiger partial charge in [0, 0.05) is 19.6 Å². The van der Waals surface area contributed by atoms with Gasteiger partial charge >= 0.3 is 12.1 Å². The Labute approximate surface area is 138 Å². The summed E-state index contributed by atoms with van der Waals surface area (Å²) in [7, 11) is 0. The molecule has 0 aliphatic heterocycles. The number of amides is 1. The molecule has 0 rings (SSSR count). The van der Waals surface area contributed by atoms with Crippen LogP contribution in [0.15, 0.2) is 0 Å². The minimum atomic E-state index is -0.820. The van der Waals surface area contributed by atoms with Crippen LogP contribution in [-0.2, 0) is 14.3 Å². The number of carbonyl (C=O) groups is 2. The maximum atomic E-state index is 11.5. The SMILES string of the molecule is CC(C)(C)OC(=O)NCC(O)CCC(=O)OCCCCCCO. The number of rotatable bonds is 11. The summed E-state index contributed by atoms with van der Waals surface area (Å²) in [5.74, 6) is -0.358. The molecule has 0 aliphatic rings. The molecule has 7 nitrogen and oxygen atoms in total. The fourth-order valence-electron chi connectivity index (χ4n) is 1.73. The van der Waals surface area contributed by atoms with E-state index in [4.69, 9.17) is 14.6 Å². The predicted molar refractivity (Wildman–Crippen MR) is 86.0 cm³/mol. The summed E-state index contributed by atoms with van der Waals surface area (Å²) in [6, 6.07) is 0. The van der Waals surface area contributed by atoms with Gasteiger partial charge in [-0.2, -0.15) is 0 Å². The lowest BCUT2D eigenvalue weighted by atomic mass is 10.2. The molecule has 0 saturated carbocycles. The third kappa shape index (κ3) is 15.3. The number of hydrogen-bond acceptors (Lipinski definition) is 6. The van der Waals surface area contributed by atoms with Gasteiger partial charge in [-0.3, -0.25) is 4.79 Å². The number of unbranched alkanes of at least 4 members (excludes halogenated alkanes) is 3. The summed E-state index contributed by atoms with van der Waals surface area (Å²) in [4.78, 5) is 22.9. The minimum Gasteiger partial charge on any atom is -0.466 e. The summed E-state index contributed by atoms with van der Waals surface area (Å²) in [5.41, 5.74) is -0.587. The third-order valence-corrected chi connectivity index (χ3v) is 2.88. The van der Waals surface area contributed by atoms with E-state index in [0.717, 1.165) is 25.7 Å². The molecule has 136 valence electrons. The average molecular weight is 333 g/mol. The van der Waals surface area contributed by atoms with E-state index >= 15 is 0 Å². The summed E-state index contributed by atoms with van der Waals surface area (Å²) in [5, 5.41) is 20.8. The first kappa shape index (κ1) is 21.7. The van der Waals surface area contributed by atoms with Gasteiger partial charge in [0.05, 0.1) is 12.7 Å². The molecular formula is C16H31NO6. The van der Waals surface area contributed by atoms with Crippen molar-refractivity contribution in [2.75, 3.05) is 19.8 Å². The van der Waals surface area contributed by atoms with Crippen molar-refractivity contribution >= 4 is 12.1 Å². The smallest absolute Gasteiger partial charge is 0.407 e. The Hall–Kier alpha value is -1.34. The third-order valence-electron chi connectivity index (χ3n) is 2.88. The van der Waals surface area contributed by atoms with Gasteiger partial charge in [0.15, 0.2) is 0 Å². The molecule has 0 fully saturated rings. The van der Waals surface area contributed by atoms with Gasteiger partial charge in [-0.05, 0) is 46.5 Å². The van der Waals surface area contributed by atoms with Crippen LogP contribution in [0.2, 0.25) is 0 Å². The molecule has 3 N–H and O–H groups in total. The number of aliphatic hydroxyl groups excluding tert-OH is 2. The van der Waals surface area contributed by atoms with Crippen LogP contribution >= 0.6 is 0 Å². The Morgan fingerprint density at radius 1 is 1.13 bits per heavy atom. The van der Waals surface area contributed by atoms with E-state index in [2.05, 4.69) is 5.32 Å². The molecule has 0 bridgehead atoms. The van der Waals surface area contributed by atoms with E-state index in [9.17, 15) is 14.7 Å². The second-order valence-corrected chi connectivity index (χ2v) is 6.43. The Kier molecular flexibility index (Phi) is 11.4. The fourth-order valence-corrected chi connectivity index (χ4v) is 1.73. The quantitative estimate of drug-likeness (QED) is 0.393. The van der Waals surface area contributed by atoms with Crippen LogP contribution < -0.4 is 5.32 Å². The maximum Gasteiger partial charge on any atom is 0.407 e. The molecule has 0 saturated heterocycles. The molecule has 1 amide bonds. The van der Waals surface area contributed by atoms with Crippen LogP contribution in [0, 0.1) is 0 Å². The van der Waals surface area contributed by atoms with Crippen LogP contribution in [0.5, 0.6) is 0 Å². The van der Waals surface area contributed by atoms with Gasteiger partial charge in [-0.25, -0.2) is 4.79 Å². The Morgan fingerprint density at radius 3 is 2.39 bits per heavy atom. The molecule has 0 aromatic carbocycles. The van der Waals surface area contributed by atoms with E-state index in [1.807, 2.05) is 0 Å². The first-order chi connectivity index (χ1) is 10.7. The second kappa shape index (κ2) is 12.1. The largest absolute Gasteiger partial charge is 0.466 e. The normalized spacial score (nSPS) is 12.6. The van der Waals surface area contributed by atoms with Gasteiger partial charge in [0.2, 0.25) is 0 Å². The molecule has 0 aromatic rings. The van der Waals surface area contributed by atoms with Crippen LogP contribution in [0.25, 0.3) is 0 Å². The first-order valence-electron chi connectivity index (χ1n) is 8.16. The highest BCUT2D eigenvalue weighted by Gasteiger charge is 2.17. The van der Waals surface area contributed by atoms with Gasteiger partial charge in [0.1, 0.15) is 5.60 Å². The number of alkyl carbamates (subject to hydrolysis) is 1. The van der Waals surface area contributed by atoms with E-state index < -0.39 is 17.8 Å². The summed E-state index contributed by atoms with van der Waals surface area (Å²) >= 11 is 0. The topological polar surface area (TPSA) is 105 Å².